The zero-order valence-electron chi connectivity index (χ0n) is 30.1. The van der Waals surface area contributed by atoms with Crippen LogP contribution in [0.5, 0.6) is 0 Å². The van der Waals surface area contributed by atoms with E-state index in [2.05, 4.69) is 13.8 Å². The van der Waals surface area contributed by atoms with Crippen LogP contribution in [0.4, 0.5) is 0 Å². The van der Waals surface area contributed by atoms with Gasteiger partial charge in [0.05, 0.1) is 12.8 Å². The minimum Gasteiger partial charge on any atom is -0.247 e. The standard InChI is InChI=1S/C40H78O4/c1-3-5-7-9-11-13-15-17-19-21-23-25-27-29-31-33-35-37-39(41)43-44-40(42)38-36-34-32-30-28-26-24-22-20-18-16-14-12-10-8-6-4-2/h3-38H2,1-2H3. The van der Waals surface area contributed by atoms with Gasteiger partial charge in [-0.25, -0.2) is 19.4 Å². The molecular formula is C40H78O4. The van der Waals surface area contributed by atoms with E-state index in [-0.39, 0.29) is 0 Å². The smallest absolute Gasteiger partial charge is 0.247 e. The summed E-state index contributed by atoms with van der Waals surface area (Å²) in [4.78, 5) is 33.1. The van der Waals surface area contributed by atoms with Crippen LogP contribution in [-0.4, -0.2) is 11.9 Å². The van der Waals surface area contributed by atoms with Crippen LogP contribution < -0.4 is 0 Å². The summed E-state index contributed by atoms with van der Waals surface area (Å²) in [6.07, 6.45) is 45.5. The van der Waals surface area contributed by atoms with Gasteiger partial charge < -0.3 is 0 Å². The summed E-state index contributed by atoms with van der Waals surface area (Å²) in [5.41, 5.74) is 0. The third kappa shape index (κ3) is 37.1. The molecule has 0 heterocycles. The topological polar surface area (TPSA) is 52.6 Å². The SMILES string of the molecule is CCCCCCCCCCCCCCCCCCCC(=O)OOC(=O)CCCCCCCCCCCCCCCCCCC. The van der Waals surface area contributed by atoms with E-state index in [9.17, 15) is 9.59 Å². The molecule has 0 N–H and O–H groups in total. The monoisotopic (exact) mass is 623 g/mol. The van der Waals surface area contributed by atoms with Crippen LogP contribution in [-0.2, 0) is 19.4 Å². The molecule has 44 heavy (non-hydrogen) atoms. The first-order valence-corrected chi connectivity index (χ1v) is 20.1. The Morgan fingerprint density at radius 2 is 0.432 bits per heavy atom. The quantitative estimate of drug-likeness (QED) is 0.0396. The molecule has 0 amide bonds. The van der Waals surface area contributed by atoms with Gasteiger partial charge >= 0.3 is 11.9 Å². The van der Waals surface area contributed by atoms with Gasteiger partial charge in [-0.15, -0.1) is 0 Å². The van der Waals surface area contributed by atoms with Crippen LogP contribution in [0.15, 0.2) is 0 Å². The van der Waals surface area contributed by atoms with Crippen molar-refractivity contribution >= 4 is 11.9 Å². The highest BCUT2D eigenvalue weighted by molar-refractivity contribution is 5.72. The predicted octanol–water partition coefficient (Wildman–Crippen LogP) is 14.1. The number of hydrogen-bond donors (Lipinski definition) is 0. The highest BCUT2D eigenvalue weighted by atomic mass is 17.2. The molecule has 0 aromatic rings. The molecular weight excluding hydrogens is 544 g/mol. The number of unbranched alkanes of at least 4 members (excludes halogenated alkanes) is 32. The Kier molecular flexibility index (Phi) is 37.2. The van der Waals surface area contributed by atoms with Crippen molar-refractivity contribution < 1.29 is 19.4 Å². The fourth-order valence-corrected chi connectivity index (χ4v) is 6.16. The van der Waals surface area contributed by atoms with Gasteiger partial charge in [0.15, 0.2) is 0 Å². The van der Waals surface area contributed by atoms with Crippen molar-refractivity contribution in [2.45, 2.75) is 245 Å². The number of carbonyl (C=O) groups is 2. The number of carbonyl (C=O) groups excluding carboxylic acids is 2. The second-order valence-electron chi connectivity index (χ2n) is 13.7. The van der Waals surface area contributed by atoms with Crippen molar-refractivity contribution in [1.82, 2.24) is 0 Å². The van der Waals surface area contributed by atoms with E-state index in [1.165, 1.54) is 193 Å². The first kappa shape index (κ1) is 42.9. The highest BCUT2D eigenvalue weighted by Crippen LogP contribution is 2.16. The van der Waals surface area contributed by atoms with E-state index in [0.29, 0.717) is 12.8 Å². The van der Waals surface area contributed by atoms with Gasteiger partial charge in [0.1, 0.15) is 0 Å². The zero-order chi connectivity index (χ0) is 32.0. The zero-order valence-corrected chi connectivity index (χ0v) is 30.1. The maximum absolute atomic E-state index is 11.8. The maximum Gasteiger partial charge on any atom is 0.355 e. The van der Waals surface area contributed by atoms with Crippen molar-refractivity contribution in [3.63, 3.8) is 0 Å². The van der Waals surface area contributed by atoms with Crippen molar-refractivity contribution in [3.05, 3.63) is 0 Å². The minimum atomic E-state index is -0.415. The Bertz CT molecular complexity index is 526. The van der Waals surface area contributed by atoms with Gasteiger partial charge in [0.2, 0.25) is 0 Å². The molecule has 0 aromatic carbocycles. The minimum absolute atomic E-state index is 0.338. The van der Waals surface area contributed by atoms with Gasteiger partial charge in [-0.05, 0) is 12.8 Å². The summed E-state index contributed by atoms with van der Waals surface area (Å²) in [6, 6.07) is 0. The highest BCUT2D eigenvalue weighted by Gasteiger charge is 2.09. The molecule has 4 heteroatoms. The molecule has 0 aliphatic rings. The molecule has 0 radical (unpaired) electrons. The Morgan fingerprint density at radius 3 is 0.614 bits per heavy atom. The lowest BCUT2D eigenvalue weighted by atomic mass is 10.0. The van der Waals surface area contributed by atoms with Crippen LogP contribution in [0.25, 0.3) is 0 Å². The van der Waals surface area contributed by atoms with Crippen LogP contribution in [0.3, 0.4) is 0 Å². The fraction of sp³-hybridized carbons (Fsp3) is 0.950. The fourth-order valence-electron chi connectivity index (χ4n) is 6.16. The summed E-state index contributed by atoms with van der Waals surface area (Å²) < 4.78 is 0. The number of rotatable bonds is 36. The molecule has 0 aliphatic carbocycles. The lowest BCUT2D eigenvalue weighted by molar-refractivity contribution is -0.259. The molecule has 0 unspecified atom stereocenters. The van der Waals surface area contributed by atoms with Crippen LogP contribution >= 0.6 is 0 Å². The molecule has 0 bridgehead atoms. The van der Waals surface area contributed by atoms with Crippen LogP contribution in [0, 0.1) is 0 Å². The molecule has 0 saturated carbocycles. The first-order valence-electron chi connectivity index (χ1n) is 20.1. The van der Waals surface area contributed by atoms with E-state index >= 15 is 0 Å². The van der Waals surface area contributed by atoms with Gasteiger partial charge in [0, 0.05) is 0 Å². The first-order chi connectivity index (χ1) is 21.7. The largest absolute Gasteiger partial charge is 0.355 e. The Morgan fingerprint density at radius 1 is 0.273 bits per heavy atom. The summed E-state index contributed by atoms with van der Waals surface area (Å²) in [5, 5.41) is 0. The van der Waals surface area contributed by atoms with Crippen molar-refractivity contribution in [2.75, 3.05) is 0 Å². The molecule has 0 spiro atoms. The third-order valence-corrected chi connectivity index (χ3v) is 9.20. The van der Waals surface area contributed by atoms with Gasteiger partial charge in [-0.2, -0.15) is 0 Å². The van der Waals surface area contributed by atoms with E-state index in [1.54, 1.807) is 0 Å². The number of hydrogen-bond acceptors (Lipinski definition) is 4. The van der Waals surface area contributed by atoms with E-state index < -0.39 is 11.9 Å². The van der Waals surface area contributed by atoms with Gasteiger partial charge in [0.25, 0.3) is 0 Å². The third-order valence-electron chi connectivity index (χ3n) is 9.20. The van der Waals surface area contributed by atoms with Gasteiger partial charge in [-0.3, -0.25) is 0 Å². The Labute approximate surface area is 275 Å². The van der Waals surface area contributed by atoms with E-state index in [0.717, 1.165) is 25.7 Å². The van der Waals surface area contributed by atoms with Gasteiger partial charge in [-0.1, -0.05) is 219 Å². The average Bonchev–Trinajstić information content (AvgIpc) is 3.03. The molecule has 262 valence electrons. The normalized spacial score (nSPS) is 11.2. The van der Waals surface area contributed by atoms with Crippen LogP contribution in [0.2, 0.25) is 0 Å². The maximum atomic E-state index is 11.8. The molecule has 0 saturated heterocycles. The Hall–Kier alpha value is -1.06. The van der Waals surface area contributed by atoms with Crippen molar-refractivity contribution in [2.24, 2.45) is 0 Å². The summed E-state index contributed by atoms with van der Waals surface area (Å²) >= 11 is 0. The molecule has 0 fully saturated rings. The molecule has 4 nitrogen and oxygen atoms in total. The summed E-state index contributed by atoms with van der Waals surface area (Å²) in [5.74, 6) is -0.830. The van der Waals surface area contributed by atoms with Crippen LogP contribution in [0.1, 0.15) is 245 Å². The molecule has 0 atom stereocenters. The lowest BCUT2D eigenvalue weighted by Gasteiger charge is -2.05. The molecule has 0 aliphatic heterocycles. The van der Waals surface area contributed by atoms with Crippen molar-refractivity contribution in [3.8, 4) is 0 Å². The van der Waals surface area contributed by atoms with E-state index in [1.807, 2.05) is 0 Å². The van der Waals surface area contributed by atoms with E-state index in [4.69, 9.17) is 9.78 Å². The average molecular weight is 623 g/mol. The molecule has 0 rings (SSSR count). The second kappa shape index (κ2) is 38.1. The summed E-state index contributed by atoms with van der Waals surface area (Å²) in [7, 11) is 0. The summed E-state index contributed by atoms with van der Waals surface area (Å²) in [6.45, 7) is 4.56. The molecule has 0 aromatic heterocycles. The lowest BCUT2D eigenvalue weighted by Crippen LogP contribution is -2.11. The second-order valence-corrected chi connectivity index (χ2v) is 13.7. The predicted molar refractivity (Wildman–Crippen MR) is 190 cm³/mol. The van der Waals surface area contributed by atoms with Crippen molar-refractivity contribution in [1.29, 1.82) is 0 Å². The Balaban J connectivity index is 3.26.